The Kier molecular flexibility index (Phi) is 7.09. The van der Waals surface area contributed by atoms with Crippen molar-refractivity contribution in [1.29, 1.82) is 0 Å². The molecule has 1 amide bonds. The van der Waals surface area contributed by atoms with Crippen LogP contribution in [0.25, 0.3) is 0 Å². The fourth-order valence-electron chi connectivity index (χ4n) is 3.44. The van der Waals surface area contributed by atoms with E-state index >= 15 is 0 Å². The van der Waals surface area contributed by atoms with Crippen LogP contribution in [0.5, 0.6) is 0 Å². The Labute approximate surface area is 154 Å². The number of carbonyl (C=O) groups excluding carboxylic acids is 1. The molecule has 2 rings (SSSR count). The third-order valence-corrected chi connectivity index (χ3v) is 4.84. The number of rotatable bonds is 6. The SMILES string of the molecule is CC(C)Cc1ccc([C@H](C)NC(=O)C2CCN(CC(F)(F)F)CC2)cc1. The second kappa shape index (κ2) is 8.89. The van der Waals surface area contributed by atoms with Gasteiger partial charge in [-0.15, -0.1) is 0 Å². The molecule has 6 heteroatoms. The van der Waals surface area contributed by atoms with Gasteiger partial charge in [0, 0.05) is 5.92 Å². The molecule has 146 valence electrons. The van der Waals surface area contributed by atoms with Crippen molar-refractivity contribution in [2.75, 3.05) is 19.6 Å². The molecule has 0 unspecified atom stereocenters. The fourth-order valence-corrected chi connectivity index (χ4v) is 3.44. The predicted octanol–water partition coefficient (Wildman–Crippen LogP) is 4.34. The zero-order valence-corrected chi connectivity index (χ0v) is 15.8. The van der Waals surface area contributed by atoms with E-state index in [0.717, 1.165) is 12.0 Å². The molecule has 0 radical (unpaired) electrons. The highest BCUT2D eigenvalue weighted by molar-refractivity contribution is 5.79. The number of halogens is 3. The minimum atomic E-state index is -4.18. The summed E-state index contributed by atoms with van der Waals surface area (Å²) in [4.78, 5) is 13.8. The van der Waals surface area contributed by atoms with Crippen molar-refractivity contribution in [3.05, 3.63) is 35.4 Å². The maximum absolute atomic E-state index is 12.4. The molecule has 0 aliphatic carbocycles. The topological polar surface area (TPSA) is 32.3 Å². The lowest BCUT2D eigenvalue weighted by Gasteiger charge is -2.32. The number of piperidine rings is 1. The van der Waals surface area contributed by atoms with Crippen molar-refractivity contribution < 1.29 is 18.0 Å². The van der Waals surface area contributed by atoms with E-state index in [9.17, 15) is 18.0 Å². The molecule has 26 heavy (non-hydrogen) atoms. The quantitative estimate of drug-likeness (QED) is 0.808. The Hall–Kier alpha value is -1.56. The third kappa shape index (κ3) is 6.63. The first-order valence-corrected chi connectivity index (χ1v) is 9.32. The summed E-state index contributed by atoms with van der Waals surface area (Å²) in [5.74, 6) is 0.332. The highest BCUT2D eigenvalue weighted by Gasteiger charge is 2.34. The summed E-state index contributed by atoms with van der Waals surface area (Å²) in [7, 11) is 0. The number of nitrogens with zero attached hydrogens (tertiary/aromatic N) is 1. The van der Waals surface area contributed by atoms with Gasteiger partial charge in [-0.3, -0.25) is 9.69 Å². The highest BCUT2D eigenvalue weighted by Crippen LogP contribution is 2.23. The van der Waals surface area contributed by atoms with Crippen LogP contribution in [0.4, 0.5) is 13.2 Å². The minimum absolute atomic E-state index is 0.0598. The first-order chi connectivity index (χ1) is 12.1. The number of benzene rings is 1. The van der Waals surface area contributed by atoms with Gasteiger partial charge in [0.05, 0.1) is 12.6 Å². The van der Waals surface area contributed by atoms with E-state index in [4.69, 9.17) is 0 Å². The smallest absolute Gasteiger partial charge is 0.349 e. The van der Waals surface area contributed by atoms with Crippen LogP contribution in [0, 0.1) is 11.8 Å². The minimum Gasteiger partial charge on any atom is -0.349 e. The van der Waals surface area contributed by atoms with E-state index in [1.807, 2.05) is 19.1 Å². The molecule has 0 spiro atoms. The van der Waals surface area contributed by atoms with Gasteiger partial charge in [-0.05, 0) is 56.3 Å². The van der Waals surface area contributed by atoms with Gasteiger partial charge in [-0.25, -0.2) is 0 Å². The molecule has 1 N–H and O–H groups in total. The van der Waals surface area contributed by atoms with Crippen LogP contribution in [-0.4, -0.2) is 36.6 Å². The molecule has 0 bridgehead atoms. The summed E-state index contributed by atoms with van der Waals surface area (Å²) in [5.41, 5.74) is 2.32. The van der Waals surface area contributed by atoms with Crippen molar-refractivity contribution in [1.82, 2.24) is 10.2 Å². The van der Waals surface area contributed by atoms with Crippen LogP contribution in [0.15, 0.2) is 24.3 Å². The van der Waals surface area contributed by atoms with Crippen molar-refractivity contribution in [3.8, 4) is 0 Å². The second-order valence-electron chi connectivity index (χ2n) is 7.74. The van der Waals surface area contributed by atoms with Gasteiger partial charge >= 0.3 is 6.18 Å². The Morgan fingerprint density at radius 2 is 1.73 bits per heavy atom. The molecule has 1 atom stereocenters. The van der Waals surface area contributed by atoms with Crippen LogP contribution in [0.1, 0.15) is 50.8 Å². The van der Waals surface area contributed by atoms with Gasteiger partial charge < -0.3 is 5.32 Å². The fraction of sp³-hybridized carbons (Fsp3) is 0.650. The van der Waals surface area contributed by atoms with Crippen LogP contribution in [0.2, 0.25) is 0 Å². The maximum Gasteiger partial charge on any atom is 0.401 e. The summed E-state index contributed by atoms with van der Waals surface area (Å²) >= 11 is 0. The Balaban J connectivity index is 1.82. The molecular formula is C20H29F3N2O. The van der Waals surface area contributed by atoms with Gasteiger partial charge in [0.1, 0.15) is 0 Å². The standard InChI is InChI=1S/C20H29F3N2O/c1-14(2)12-16-4-6-17(7-5-16)15(3)24-19(26)18-8-10-25(11-9-18)13-20(21,22)23/h4-7,14-15,18H,8-13H2,1-3H3,(H,24,26)/t15-/m0/s1. The van der Waals surface area contributed by atoms with Crippen molar-refractivity contribution >= 4 is 5.91 Å². The van der Waals surface area contributed by atoms with Crippen LogP contribution < -0.4 is 5.32 Å². The van der Waals surface area contributed by atoms with E-state index in [1.165, 1.54) is 10.5 Å². The van der Waals surface area contributed by atoms with Crippen molar-refractivity contribution in [2.24, 2.45) is 11.8 Å². The van der Waals surface area contributed by atoms with Crippen LogP contribution >= 0.6 is 0 Å². The third-order valence-electron chi connectivity index (χ3n) is 4.84. The van der Waals surface area contributed by atoms with E-state index in [-0.39, 0.29) is 17.9 Å². The molecule has 0 saturated carbocycles. The van der Waals surface area contributed by atoms with E-state index < -0.39 is 12.7 Å². The molecule has 1 heterocycles. The van der Waals surface area contributed by atoms with Crippen molar-refractivity contribution in [3.63, 3.8) is 0 Å². The summed E-state index contributed by atoms with van der Waals surface area (Å²) in [6, 6.07) is 8.15. The second-order valence-corrected chi connectivity index (χ2v) is 7.74. The predicted molar refractivity (Wildman–Crippen MR) is 96.8 cm³/mol. The first kappa shape index (κ1) is 20.7. The lowest BCUT2D eigenvalue weighted by molar-refractivity contribution is -0.149. The molecule has 1 aliphatic heterocycles. The molecule has 3 nitrogen and oxygen atoms in total. The molecule has 0 aromatic heterocycles. The number of amides is 1. The normalized spacial score (nSPS) is 18.1. The largest absolute Gasteiger partial charge is 0.401 e. The first-order valence-electron chi connectivity index (χ1n) is 9.32. The molecular weight excluding hydrogens is 341 g/mol. The van der Waals surface area contributed by atoms with E-state index in [2.05, 4.69) is 31.3 Å². The maximum atomic E-state index is 12.4. The number of alkyl halides is 3. The average molecular weight is 370 g/mol. The summed E-state index contributed by atoms with van der Waals surface area (Å²) in [6.45, 7) is 6.04. The Morgan fingerprint density at radius 1 is 1.15 bits per heavy atom. The number of carbonyl (C=O) groups is 1. The van der Waals surface area contributed by atoms with Gasteiger partial charge in [0.2, 0.25) is 5.91 Å². The molecule has 1 saturated heterocycles. The van der Waals surface area contributed by atoms with Crippen LogP contribution in [0.3, 0.4) is 0 Å². The zero-order chi connectivity index (χ0) is 19.3. The Morgan fingerprint density at radius 3 is 2.23 bits per heavy atom. The average Bonchev–Trinajstić information content (AvgIpc) is 2.54. The van der Waals surface area contributed by atoms with E-state index in [0.29, 0.717) is 31.8 Å². The number of hydrogen-bond acceptors (Lipinski definition) is 2. The number of hydrogen-bond donors (Lipinski definition) is 1. The molecule has 1 aromatic carbocycles. The van der Waals surface area contributed by atoms with Gasteiger partial charge in [-0.1, -0.05) is 38.1 Å². The summed E-state index contributed by atoms with van der Waals surface area (Å²) in [5, 5.41) is 3.01. The highest BCUT2D eigenvalue weighted by atomic mass is 19.4. The lowest BCUT2D eigenvalue weighted by Crippen LogP contribution is -2.44. The van der Waals surface area contributed by atoms with Crippen LogP contribution in [-0.2, 0) is 11.2 Å². The monoisotopic (exact) mass is 370 g/mol. The summed E-state index contributed by atoms with van der Waals surface area (Å²) < 4.78 is 37.3. The van der Waals surface area contributed by atoms with Crippen molar-refractivity contribution in [2.45, 2.75) is 52.3 Å². The zero-order valence-electron chi connectivity index (χ0n) is 15.8. The van der Waals surface area contributed by atoms with Gasteiger partial charge in [0.15, 0.2) is 0 Å². The number of nitrogens with one attached hydrogen (secondary N) is 1. The lowest BCUT2D eigenvalue weighted by atomic mass is 9.95. The molecule has 1 aromatic rings. The van der Waals surface area contributed by atoms with Gasteiger partial charge in [0.25, 0.3) is 0 Å². The van der Waals surface area contributed by atoms with E-state index in [1.54, 1.807) is 0 Å². The molecule has 1 aliphatic rings. The summed E-state index contributed by atoms with van der Waals surface area (Å²) in [6.07, 6.45) is -2.20. The molecule has 1 fully saturated rings. The number of likely N-dealkylation sites (tertiary alicyclic amines) is 1. The Bertz CT molecular complexity index is 576. The van der Waals surface area contributed by atoms with Gasteiger partial charge in [-0.2, -0.15) is 13.2 Å².